The molecule has 0 saturated heterocycles. The van der Waals surface area contributed by atoms with Crippen LogP contribution in [-0.4, -0.2) is 31.5 Å². The lowest BCUT2D eigenvalue weighted by molar-refractivity contribution is -0.138. The zero-order chi connectivity index (χ0) is 27.4. The standard InChI is InChI=1S/C28H26F2N4O4/c1-16(2)10-24(34-15-32-22-9-4-3-6-19(22)28(34)38)27(37)33-23(12-25(35)36)17-11-18(14-31-13-17)26-20(29)7-5-8-21(26)30/h3-9,11,13-16,23-24H,10,12H2,1-2H3,(H,33,37)(H,35,36)/t23-,24-/m0/s1. The summed E-state index contributed by atoms with van der Waals surface area (Å²) < 4.78 is 30.0. The Kier molecular flexibility index (Phi) is 7.90. The second-order valence-electron chi connectivity index (χ2n) is 9.38. The van der Waals surface area contributed by atoms with Crippen LogP contribution in [-0.2, 0) is 9.59 Å². The zero-order valence-corrected chi connectivity index (χ0v) is 20.8. The largest absolute Gasteiger partial charge is 0.481 e. The maximum Gasteiger partial charge on any atom is 0.305 e. The van der Waals surface area contributed by atoms with Crippen molar-refractivity contribution >= 4 is 22.8 Å². The molecule has 4 aromatic rings. The van der Waals surface area contributed by atoms with Gasteiger partial charge in [-0.05, 0) is 48.2 Å². The number of carboxylic acid groups (broad SMARTS) is 1. The predicted molar refractivity (Wildman–Crippen MR) is 137 cm³/mol. The molecule has 2 aromatic carbocycles. The molecule has 0 fully saturated rings. The third kappa shape index (κ3) is 5.74. The number of nitrogens with one attached hydrogen (secondary N) is 1. The molecule has 38 heavy (non-hydrogen) atoms. The smallest absolute Gasteiger partial charge is 0.305 e. The number of aliphatic carboxylic acids is 1. The van der Waals surface area contributed by atoms with Gasteiger partial charge in [-0.3, -0.25) is 23.9 Å². The van der Waals surface area contributed by atoms with Gasteiger partial charge in [0.05, 0.1) is 35.3 Å². The van der Waals surface area contributed by atoms with E-state index in [4.69, 9.17) is 0 Å². The van der Waals surface area contributed by atoms with E-state index >= 15 is 0 Å². The van der Waals surface area contributed by atoms with Crippen LogP contribution in [0.1, 0.15) is 44.3 Å². The molecule has 0 aliphatic rings. The van der Waals surface area contributed by atoms with Crippen LogP contribution in [0.5, 0.6) is 0 Å². The number of para-hydroxylation sites is 1. The Morgan fingerprint density at radius 2 is 1.76 bits per heavy atom. The van der Waals surface area contributed by atoms with Crippen molar-refractivity contribution in [3.05, 3.63) is 94.8 Å². The highest BCUT2D eigenvalue weighted by Gasteiger charge is 2.28. The van der Waals surface area contributed by atoms with E-state index in [0.717, 1.165) is 12.1 Å². The van der Waals surface area contributed by atoms with Crippen molar-refractivity contribution in [3.8, 4) is 11.1 Å². The van der Waals surface area contributed by atoms with Gasteiger partial charge in [0, 0.05) is 18.0 Å². The molecule has 4 rings (SSSR count). The molecule has 10 heteroatoms. The third-order valence-electron chi connectivity index (χ3n) is 6.13. The van der Waals surface area contributed by atoms with Gasteiger partial charge in [-0.1, -0.05) is 32.0 Å². The Bertz CT molecular complexity index is 1530. The number of benzene rings is 2. The summed E-state index contributed by atoms with van der Waals surface area (Å²) in [4.78, 5) is 46.8. The first-order valence-corrected chi connectivity index (χ1v) is 12.0. The highest BCUT2D eigenvalue weighted by molar-refractivity contribution is 5.83. The number of halogens is 2. The first-order valence-electron chi connectivity index (χ1n) is 12.0. The molecule has 0 bridgehead atoms. The molecule has 2 N–H and O–H groups in total. The summed E-state index contributed by atoms with van der Waals surface area (Å²) in [6.45, 7) is 3.79. The molecule has 0 saturated carbocycles. The fraction of sp³-hybridized carbons (Fsp3) is 0.250. The van der Waals surface area contributed by atoms with Crippen LogP contribution >= 0.6 is 0 Å². The molecule has 0 spiro atoms. The van der Waals surface area contributed by atoms with Crippen molar-refractivity contribution < 1.29 is 23.5 Å². The van der Waals surface area contributed by atoms with E-state index in [9.17, 15) is 28.3 Å². The van der Waals surface area contributed by atoms with Crippen molar-refractivity contribution in [1.29, 1.82) is 0 Å². The van der Waals surface area contributed by atoms with Gasteiger partial charge in [-0.2, -0.15) is 0 Å². The minimum Gasteiger partial charge on any atom is -0.481 e. The molecular formula is C28H26F2N4O4. The number of carbonyl (C=O) groups is 2. The number of fused-ring (bicyclic) bond motifs is 1. The molecular weight excluding hydrogens is 494 g/mol. The zero-order valence-electron chi connectivity index (χ0n) is 20.8. The molecule has 2 atom stereocenters. The fourth-order valence-electron chi connectivity index (χ4n) is 4.35. The number of nitrogens with zero attached hydrogens (tertiary/aromatic N) is 3. The molecule has 2 heterocycles. The van der Waals surface area contributed by atoms with Crippen molar-refractivity contribution in [3.63, 3.8) is 0 Å². The second kappa shape index (κ2) is 11.3. The minimum absolute atomic E-state index is 0.0102. The van der Waals surface area contributed by atoms with E-state index in [2.05, 4.69) is 15.3 Å². The van der Waals surface area contributed by atoms with Crippen molar-refractivity contribution in [2.75, 3.05) is 0 Å². The second-order valence-corrected chi connectivity index (χ2v) is 9.38. The maximum atomic E-state index is 14.4. The Morgan fingerprint density at radius 1 is 1.05 bits per heavy atom. The number of carbonyl (C=O) groups excluding carboxylic acids is 1. The first kappa shape index (κ1) is 26.6. The Balaban J connectivity index is 1.71. The minimum atomic E-state index is -1.21. The lowest BCUT2D eigenvalue weighted by Gasteiger charge is -2.25. The summed E-state index contributed by atoms with van der Waals surface area (Å²) in [6.07, 6.45) is 3.66. The van der Waals surface area contributed by atoms with Crippen LogP contribution in [0.25, 0.3) is 22.0 Å². The van der Waals surface area contributed by atoms with Crippen LogP contribution in [0.3, 0.4) is 0 Å². The molecule has 0 radical (unpaired) electrons. The van der Waals surface area contributed by atoms with Crippen molar-refractivity contribution in [2.45, 2.75) is 38.8 Å². The van der Waals surface area contributed by atoms with Crippen molar-refractivity contribution in [2.24, 2.45) is 5.92 Å². The Morgan fingerprint density at radius 3 is 2.45 bits per heavy atom. The number of aromatic nitrogens is 3. The van der Waals surface area contributed by atoms with Gasteiger partial charge in [0.1, 0.15) is 17.7 Å². The van der Waals surface area contributed by atoms with E-state index in [1.807, 2.05) is 13.8 Å². The highest BCUT2D eigenvalue weighted by Crippen LogP contribution is 2.29. The summed E-state index contributed by atoms with van der Waals surface area (Å²) in [7, 11) is 0. The Hall–Kier alpha value is -4.47. The summed E-state index contributed by atoms with van der Waals surface area (Å²) in [6, 6.07) is 9.55. The van der Waals surface area contributed by atoms with E-state index in [-0.39, 0.29) is 29.0 Å². The molecule has 8 nitrogen and oxygen atoms in total. The number of rotatable bonds is 9. The van der Waals surface area contributed by atoms with Gasteiger partial charge in [0.2, 0.25) is 5.91 Å². The number of pyridine rings is 1. The van der Waals surface area contributed by atoms with Crippen LogP contribution < -0.4 is 10.9 Å². The maximum absolute atomic E-state index is 14.4. The van der Waals surface area contributed by atoms with Gasteiger partial charge in [-0.15, -0.1) is 0 Å². The van der Waals surface area contributed by atoms with Gasteiger partial charge in [-0.25, -0.2) is 13.8 Å². The third-order valence-corrected chi connectivity index (χ3v) is 6.13. The summed E-state index contributed by atoms with van der Waals surface area (Å²) in [5.74, 6) is -3.39. The molecule has 0 aliphatic carbocycles. The lowest BCUT2D eigenvalue weighted by Crippen LogP contribution is -2.40. The first-order chi connectivity index (χ1) is 18.2. The van der Waals surface area contributed by atoms with Crippen LogP contribution in [0, 0.1) is 17.6 Å². The average molecular weight is 521 g/mol. The van der Waals surface area contributed by atoms with Crippen molar-refractivity contribution in [1.82, 2.24) is 19.9 Å². The van der Waals surface area contributed by atoms with E-state index in [1.54, 1.807) is 24.3 Å². The van der Waals surface area contributed by atoms with Crippen LogP contribution in [0.2, 0.25) is 0 Å². The Labute approximate surface area is 217 Å². The van der Waals surface area contributed by atoms with Gasteiger partial charge in [0.15, 0.2) is 0 Å². The van der Waals surface area contributed by atoms with E-state index in [1.165, 1.54) is 35.4 Å². The lowest BCUT2D eigenvalue weighted by atomic mass is 9.98. The van der Waals surface area contributed by atoms with E-state index in [0.29, 0.717) is 10.9 Å². The van der Waals surface area contributed by atoms with Crippen LogP contribution in [0.15, 0.2) is 72.0 Å². The van der Waals surface area contributed by atoms with Gasteiger partial charge >= 0.3 is 5.97 Å². The summed E-state index contributed by atoms with van der Waals surface area (Å²) in [5.41, 5.74) is 0.118. The fourth-order valence-corrected chi connectivity index (χ4v) is 4.35. The van der Waals surface area contributed by atoms with Crippen LogP contribution in [0.4, 0.5) is 8.78 Å². The summed E-state index contributed by atoms with van der Waals surface area (Å²) >= 11 is 0. The SMILES string of the molecule is CC(C)C[C@@H](C(=O)N[C@@H](CC(=O)O)c1cncc(-c2c(F)cccc2F)c1)n1cnc2ccccc2c1=O. The normalized spacial score (nSPS) is 12.9. The number of carboxylic acids is 1. The summed E-state index contributed by atoms with van der Waals surface area (Å²) in [5, 5.41) is 12.6. The molecule has 0 aliphatic heterocycles. The topological polar surface area (TPSA) is 114 Å². The number of amides is 1. The molecule has 1 amide bonds. The monoisotopic (exact) mass is 520 g/mol. The predicted octanol–water partition coefficient (Wildman–Crippen LogP) is 4.66. The number of hydrogen-bond acceptors (Lipinski definition) is 5. The average Bonchev–Trinajstić information content (AvgIpc) is 2.87. The van der Waals surface area contributed by atoms with Gasteiger partial charge < -0.3 is 10.4 Å². The van der Waals surface area contributed by atoms with E-state index < -0.39 is 47.6 Å². The highest BCUT2D eigenvalue weighted by atomic mass is 19.1. The molecule has 196 valence electrons. The molecule has 2 aromatic heterocycles. The molecule has 0 unspecified atom stereocenters. The van der Waals surface area contributed by atoms with Gasteiger partial charge in [0.25, 0.3) is 5.56 Å². The number of hydrogen-bond donors (Lipinski definition) is 2. The quantitative estimate of drug-likeness (QED) is 0.332.